The van der Waals surface area contributed by atoms with E-state index in [1.807, 2.05) is 18.2 Å². The molecule has 0 bridgehead atoms. The molecule has 4 aromatic carbocycles. The van der Waals surface area contributed by atoms with Gasteiger partial charge in [0, 0.05) is 18.1 Å². The van der Waals surface area contributed by atoms with Gasteiger partial charge in [-0.05, 0) is 46.2 Å². The van der Waals surface area contributed by atoms with Crippen molar-refractivity contribution < 1.29 is 23.1 Å². The highest BCUT2D eigenvalue weighted by molar-refractivity contribution is 7.92. The van der Waals surface area contributed by atoms with Crippen molar-refractivity contribution in [1.82, 2.24) is 0 Å². The third-order valence-electron chi connectivity index (χ3n) is 5.72. The maximum absolute atomic E-state index is 12.5. The second kappa shape index (κ2) is 11.1. The topological polar surface area (TPSA) is 83.9 Å². The van der Waals surface area contributed by atoms with E-state index in [0.717, 1.165) is 22.6 Å². The minimum absolute atomic E-state index is 0.118. The molecule has 36 heavy (non-hydrogen) atoms. The first kappa shape index (κ1) is 25.0. The summed E-state index contributed by atoms with van der Waals surface area (Å²) in [7, 11) is -3.53. The molecule has 0 aromatic heterocycles. The molecule has 0 atom stereocenters. The molecule has 7 heteroatoms. The van der Waals surface area contributed by atoms with Crippen molar-refractivity contribution in [3.05, 3.63) is 114 Å². The molecule has 0 aliphatic rings. The largest absolute Gasteiger partial charge is 0.493 e. The minimum Gasteiger partial charge on any atom is -0.493 e. The number of carbonyl (C=O) groups is 1. The molecule has 0 spiro atoms. The minimum atomic E-state index is -3.53. The number of hydrogen-bond donors (Lipinski definition) is 1. The molecular weight excluding hydrogens is 474 g/mol. The van der Waals surface area contributed by atoms with Gasteiger partial charge in [-0.15, -0.1) is 0 Å². The molecule has 4 rings (SSSR count). The zero-order chi connectivity index (χ0) is 25.5. The van der Waals surface area contributed by atoms with E-state index >= 15 is 0 Å². The van der Waals surface area contributed by atoms with E-state index in [9.17, 15) is 13.2 Å². The number of carboxylic acid groups (broad SMARTS) is 1. The van der Waals surface area contributed by atoms with Crippen molar-refractivity contribution in [3.63, 3.8) is 0 Å². The summed E-state index contributed by atoms with van der Waals surface area (Å²) in [6.45, 7) is 0.497. The van der Waals surface area contributed by atoms with Crippen LogP contribution in [0.15, 0.2) is 97.1 Å². The maximum Gasteiger partial charge on any atom is 0.328 e. The smallest absolute Gasteiger partial charge is 0.328 e. The summed E-state index contributed by atoms with van der Waals surface area (Å²) >= 11 is 0. The molecule has 0 radical (unpaired) electrons. The standard InChI is InChI=1S/C29H27NO5S/c1-36(33,34)30(27-9-3-2-4-10-27)21-23-12-14-25(15-16-29(31)32)28(20-23)35-18-17-22-11-13-24-7-5-6-8-26(24)19-22/h2-16,19-20H,17-18,21H2,1H3,(H,31,32). The third-order valence-corrected chi connectivity index (χ3v) is 6.86. The Bertz CT molecular complexity index is 1500. The van der Waals surface area contributed by atoms with Gasteiger partial charge in [0.25, 0.3) is 0 Å². The highest BCUT2D eigenvalue weighted by Crippen LogP contribution is 2.26. The number of aliphatic carboxylic acids is 1. The average molecular weight is 502 g/mol. The number of fused-ring (bicyclic) bond motifs is 1. The lowest BCUT2D eigenvalue weighted by Crippen LogP contribution is -2.29. The van der Waals surface area contributed by atoms with Gasteiger partial charge in [-0.25, -0.2) is 13.2 Å². The lowest BCUT2D eigenvalue weighted by molar-refractivity contribution is -0.131. The van der Waals surface area contributed by atoms with Crippen molar-refractivity contribution in [1.29, 1.82) is 0 Å². The van der Waals surface area contributed by atoms with Crippen molar-refractivity contribution >= 4 is 38.5 Å². The zero-order valence-electron chi connectivity index (χ0n) is 19.9. The predicted molar refractivity (Wildman–Crippen MR) is 144 cm³/mol. The molecule has 0 saturated carbocycles. The first-order valence-electron chi connectivity index (χ1n) is 11.5. The van der Waals surface area contributed by atoms with Crippen molar-refractivity contribution in [2.24, 2.45) is 0 Å². The van der Waals surface area contributed by atoms with Gasteiger partial charge in [0.05, 0.1) is 25.1 Å². The van der Waals surface area contributed by atoms with Crippen LogP contribution in [0.2, 0.25) is 0 Å². The van der Waals surface area contributed by atoms with Crippen LogP contribution in [0, 0.1) is 0 Å². The lowest BCUT2D eigenvalue weighted by Gasteiger charge is -2.23. The molecule has 0 aliphatic heterocycles. The summed E-state index contributed by atoms with van der Waals surface area (Å²) in [5.74, 6) is -0.569. The summed E-state index contributed by atoms with van der Waals surface area (Å²) in [5, 5.41) is 11.4. The molecule has 0 fully saturated rings. The van der Waals surface area contributed by atoms with E-state index in [-0.39, 0.29) is 6.54 Å². The Morgan fingerprint density at radius 1 is 0.889 bits per heavy atom. The Morgan fingerprint density at radius 2 is 1.58 bits per heavy atom. The van der Waals surface area contributed by atoms with Crippen LogP contribution in [0.4, 0.5) is 5.69 Å². The number of hydrogen-bond acceptors (Lipinski definition) is 4. The van der Waals surface area contributed by atoms with Crippen LogP contribution in [0.25, 0.3) is 16.8 Å². The summed E-state index contributed by atoms with van der Waals surface area (Å²) in [6.07, 6.45) is 4.36. The fourth-order valence-corrected chi connectivity index (χ4v) is 4.82. The number of rotatable bonds is 10. The Hall–Kier alpha value is -4.10. The molecule has 0 amide bonds. The average Bonchev–Trinajstić information content (AvgIpc) is 2.86. The number of sulfonamides is 1. The molecule has 0 aliphatic carbocycles. The van der Waals surface area contributed by atoms with Gasteiger partial charge in [-0.3, -0.25) is 4.31 Å². The fourth-order valence-electron chi connectivity index (χ4n) is 3.93. The molecule has 184 valence electrons. The van der Waals surface area contributed by atoms with Crippen LogP contribution < -0.4 is 9.04 Å². The van der Waals surface area contributed by atoms with Crippen molar-refractivity contribution in [2.45, 2.75) is 13.0 Å². The maximum atomic E-state index is 12.5. The summed E-state index contributed by atoms with van der Waals surface area (Å²) < 4.78 is 32.4. The van der Waals surface area contributed by atoms with Gasteiger partial charge in [0.15, 0.2) is 0 Å². The molecule has 6 nitrogen and oxygen atoms in total. The number of ether oxygens (including phenoxy) is 1. The summed E-state index contributed by atoms with van der Waals surface area (Å²) in [5.41, 5.74) is 3.01. The second-order valence-electron chi connectivity index (χ2n) is 8.43. The monoisotopic (exact) mass is 501 g/mol. The normalized spacial score (nSPS) is 11.6. The first-order chi connectivity index (χ1) is 17.3. The third kappa shape index (κ3) is 6.52. The number of para-hydroxylation sites is 1. The summed E-state index contributed by atoms with van der Waals surface area (Å²) in [4.78, 5) is 11.1. The molecule has 0 heterocycles. The van der Waals surface area contributed by atoms with Gasteiger partial charge >= 0.3 is 5.97 Å². The summed E-state index contributed by atoms with van der Waals surface area (Å²) in [6, 6.07) is 28.6. The Labute approximate surface area is 211 Å². The predicted octanol–water partition coefficient (Wildman–Crippen LogP) is 5.53. The molecule has 0 unspecified atom stereocenters. The number of carboxylic acids is 1. The van der Waals surface area contributed by atoms with Gasteiger partial charge in [-0.1, -0.05) is 72.8 Å². The SMILES string of the molecule is CS(=O)(=O)N(Cc1ccc(C=CC(=O)O)c(OCCc2ccc3ccccc3c2)c1)c1ccccc1. The Balaban J connectivity index is 1.56. The second-order valence-corrected chi connectivity index (χ2v) is 10.3. The van der Waals surface area contributed by atoms with Crippen LogP contribution in [0.5, 0.6) is 5.75 Å². The lowest BCUT2D eigenvalue weighted by atomic mass is 10.1. The highest BCUT2D eigenvalue weighted by Gasteiger charge is 2.18. The first-order valence-corrected chi connectivity index (χ1v) is 13.3. The Kier molecular flexibility index (Phi) is 7.71. The molecular formula is C29H27NO5S. The van der Waals surface area contributed by atoms with Gasteiger partial charge in [0.2, 0.25) is 10.0 Å². The van der Waals surface area contributed by atoms with Crippen LogP contribution in [0.1, 0.15) is 16.7 Å². The van der Waals surface area contributed by atoms with Gasteiger partial charge in [-0.2, -0.15) is 0 Å². The van der Waals surface area contributed by atoms with Crippen LogP contribution in [0.3, 0.4) is 0 Å². The van der Waals surface area contributed by atoms with Crippen molar-refractivity contribution in [2.75, 3.05) is 17.2 Å². The highest BCUT2D eigenvalue weighted by atomic mass is 32.2. The van der Waals surface area contributed by atoms with Crippen molar-refractivity contribution in [3.8, 4) is 5.75 Å². The van der Waals surface area contributed by atoms with Crippen LogP contribution in [-0.2, 0) is 27.8 Å². The number of anilines is 1. The van der Waals surface area contributed by atoms with Crippen LogP contribution >= 0.6 is 0 Å². The number of nitrogens with zero attached hydrogens (tertiary/aromatic N) is 1. The fraction of sp³-hybridized carbons (Fsp3) is 0.138. The van der Waals surface area contributed by atoms with Crippen LogP contribution in [-0.4, -0.2) is 32.4 Å². The van der Waals surface area contributed by atoms with E-state index in [4.69, 9.17) is 9.84 Å². The molecule has 4 aromatic rings. The zero-order valence-corrected chi connectivity index (χ0v) is 20.7. The van der Waals surface area contributed by atoms with E-state index in [1.165, 1.54) is 22.0 Å². The van der Waals surface area contributed by atoms with E-state index < -0.39 is 16.0 Å². The van der Waals surface area contributed by atoms with Gasteiger partial charge < -0.3 is 9.84 Å². The molecule has 0 saturated heterocycles. The van der Waals surface area contributed by atoms with E-state index in [0.29, 0.717) is 30.0 Å². The van der Waals surface area contributed by atoms with E-state index in [1.54, 1.807) is 42.5 Å². The molecule has 1 N–H and O–H groups in total. The number of benzene rings is 4. The van der Waals surface area contributed by atoms with Gasteiger partial charge in [0.1, 0.15) is 5.75 Å². The quantitative estimate of drug-likeness (QED) is 0.289. The van der Waals surface area contributed by atoms with E-state index in [2.05, 4.69) is 30.3 Å². The Morgan fingerprint density at radius 3 is 2.31 bits per heavy atom.